The van der Waals surface area contributed by atoms with Crippen molar-refractivity contribution in [1.82, 2.24) is 0 Å². The van der Waals surface area contributed by atoms with E-state index in [4.69, 9.17) is 9.05 Å². The molecule has 1 fully saturated rings. The van der Waals surface area contributed by atoms with Crippen LogP contribution in [0.3, 0.4) is 0 Å². The van der Waals surface area contributed by atoms with Crippen LogP contribution in [-0.4, -0.2) is 13.2 Å². The van der Waals surface area contributed by atoms with Crippen molar-refractivity contribution in [2.24, 2.45) is 5.41 Å². The Morgan fingerprint density at radius 3 is 1.23 bits per heavy atom. The summed E-state index contributed by atoms with van der Waals surface area (Å²) < 4.78 is 15.0. The zero-order valence-corrected chi connectivity index (χ0v) is 24.9. The van der Waals surface area contributed by atoms with Gasteiger partial charge >= 0.3 is 0 Å². The molecule has 0 spiro atoms. The van der Waals surface area contributed by atoms with Crippen molar-refractivity contribution in [2.45, 2.75) is 52.4 Å². The maximum absolute atomic E-state index is 6.37. The van der Waals surface area contributed by atoms with Gasteiger partial charge in [0.1, 0.15) is 0 Å². The van der Waals surface area contributed by atoms with E-state index < -0.39 is 8.53 Å². The molecule has 0 aromatic heterocycles. The van der Waals surface area contributed by atoms with Gasteiger partial charge in [-0.1, -0.05) is 126 Å². The minimum Gasteiger partial charge on any atom is -0.317 e. The molecular formula is C35H40NO2P. The Bertz CT molecular complexity index is 1260. The highest BCUT2D eigenvalue weighted by molar-refractivity contribution is 7.49. The molecule has 39 heavy (non-hydrogen) atoms. The van der Waals surface area contributed by atoms with E-state index in [9.17, 15) is 0 Å². The Hall–Kier alpha value is -2.97. The second-order valence-electron chi connectivity index (χ2n) is 12.3. The van der Waals surface area contributed by atoms with Crippen LogP contribution < -0.4 is 4.67 Å². The van der Waals surface area contributed by atoms with E-state index in [0.29, 0.717) is 13.2 Å². The Morgan fingerprint density at radius 2 is 0.872 bits per heavy atom. The van der Waals surface area contributed by atoms with E-state index in [1.54, 1.807) is 0 Å². The minimum absolute atomic E-state index is 0.0115. The summed E-state index contributed by atoms with van der Waals surface area (Å²) >= 11 is 0. The molecule has 4 heteroatoms. The fourth-order valence-corrected chi connectivity index (χ4v) is 6.94. The molecule has 0 aliphatic carbocycles. The molecule has 3 nitrogen and oxygen atoms in total. The smallest absolute Gasteiger partial charge is 0.294 e. The highest BCUT2D eigenvalue weighted by Crippen LogP contribution is 2.55. The van der Waals surface area contributed by atoms with Crippen molar-refractivity contribution >= 4 is 19.9 Å². The molecule has 1 aliphatic heterocycles. The maximum Gasteiger partial charge on any atom is 0.294 e. The lowest BCUT2D eigenvalue weighted by molar-refractivity contribution is 0.0618. The lowest BCUT2D eigenvalue weighted by atomic mass is 9.78. The normalized spacial score (nSPS) is 16.2. The van der Waals surface area contributed by atoms with E-state index >= 15 is 0 Å². The van der Waals surface area contributed by atoms with Gasteiger partial charge in [0.25, 0.3) is 8.53 Å². The molecule has 5 rings (SSSR count). The molecule has 1 saturated heterocycles. The van der Waals surface area contributed by atoms with Gasteiger partial charge in [-0.2, -0.15) is 0 Å². The van der Waals surface area contributed by atoms with E-state index in [0.717, 1.165) is 11.4 Å². The summed E-state index contributed by atoms with van der Waals surface area (Å²) in [6, 6.07) is 39.2. The predicted octanol–water partition coefficient (Wildman–Crippen LogP) is 9.78. The molecule has 1 aliphatic rings. The highest BCUT2D eigenvalue weighted by atomic mass is 31.2. The zero-order chi connectivity index (χ0) is 27.7. The fourth-order valence-electron chi connectivity index (χ4n) is 5.07. The van der Waals surface area contributed by atoms with Crippen LogP contribution >= 0.6 is 8.53 Å². The minimum atomic E-state index is -1.28. The summed E-state index contributed by atoms with van der Waals surface area (Å²) in [5, 5.41) is 0. The van der Waals surface area contributed by atoms with Crippen molar-refractivity contribution in [3.05, 3.63) is 131 Å². The molecule has 202 valence electrons. The molecule has 0 saturated carbocycles. The second-order valence-corrected chi connectivity index (χ2v) is 13.7. The first-order chi connectivity index (χ1) is 18.6. The summed E-state index contributed by atoms with van der Waals surface area (Å²) in [6.45, 7) is 14.8. The van der Waals surface area contributed by atoms with Crippen molar-refractivity contribution in [2.75, 3.05) is 17.9 Å². The van der Waals surface area contributed by atoms with Crippen LogP contribution in [0.1, 0.15) is 63.8 Å². The maximum atomic E-state index is 6.37. The third-order valence-corrected chi connectivity index (χ3v) is 9.44. The van der Waals surface area contributed by atoms with Crippen molar-refractivity contribution in [3.63, 3.8) is 0 Å². The van der Waals surface area contributed by atoms with Crippen molar-refractivity contribution in [1.29, 1.82) is 0 Å². The Labute approximate surface area is 235 Å². The first-order valence-corrected chi connectivity index (χ1v) is 14.9. The van der Waals surface area contributed by atoms with Gasteiger partial charge in [0.05, 0.1) is 13.2 Å². The fraction of sp³-hybridized carbons (Fsp3) is 0.314. The molecule has 0 unspecified atom stereocenters. The number of benzene rings is 4. The van der Waals surface area contributed by atoms with Crippen LogP contribution in [0.25, 0.3) is 0 Å². The number of rotatable bonds is 7. The topological polar surface area (TPSA) is 21.7 Å². The summed E-state index contributed by atoms with van der Waals surface area (Å²) in [5.41, 5.74) is 7.12. The van der Waals surface area contributed by atoms with Crippen molar-refractivity contribution in [3.8, 4) is 0 Å². The Kier molecular flexibility index (Phi) is 7.71. The van der Waals surface area contributed by atoms with E-state index in [-0.39, 0.29) is 16.2 Å². The van der Waals surface area contributed by atoms with Gasteiger partial charge in [-0.3, -0.25) is 4.67 Å². The molecule has 0 amide bonds. The number of anilines is 2. The molecule has 0 bridgehead atoms. The van der Waals surface area contributed by atoms with Gasteiger partial charge in [0, 0.05) is 27.6 Å². The van der Waals surface area contributed by atoms with Crippen LogP contribution in [0.2, 0.25) is 0 Å². The lowest BCUT2D eigenvalue weighted by Crippen LogP contribution is -2.31. The average Bonchev–Trinajstić information content (AvgIpc) is 2.95. The van der Waals surface area contributed by atoms with E-state index in [1.807, 2.05) is 0 Å². The largest absolute Gasteiger partial charge is 0.317 e. The van der Waals surface area contributed by atoms with Gasteiger partial charge in [-0.15, -0.1) is 0 Å². The summed E-state index contributed by atoms with van der Waals surface area (Å²) in [4.78, 5) is 0. The Morgan fingerprint density at radius 1 is 0.538 bits per heavy atom. The van der Waals surface area contributed by atoms with Crippen LogP contribution in [-0.2, 0) is 19.9 Å². The number of nitrogens with zero attached hydrogens (tertiary/aromatic N) is 1. The molecule has 1 heterocycles. The standard InChI is InChI=1S/C35H40NO2P/c1-33(2)25-37-39(38-26-33)36(31-21-17-29(18-22-31)34(3,4)27-13-9-7-10-14-27)32-23-19-30(20-24-32)35(5,6)28-15-11-8-12-16-28/h7-24H,25-26H2,1-6H3. The highest BCUT2D eigenvalue weighted by Gasteiger charge is 2.35. The predicted molar refractivity (Wildman–Crippen MR) is 165 cm³/mol. The average molecular weight is 538 g/mol. The third kappa shape index (κ3) is 5.82. The van der Waals surface area contributed by atoms with Crippen LogP contribution in [0.4, 0.5) is 11.4 Å². The zero-order valence-electron chi connectivity index (χ0n) is 24.0. The SMILES string of the molecule is CC1(C)COP(N(c2ccc(C(C)(C)c3ccccc3)cc2)c2ccc(C(C)(C)c3ccccc3)cc2)OC1. The summed E-state index contributed by atoms with van der Waals surface area (Å²) in [7, 11) is -1.28. The quantitative estimate of drug-likeness (QED) is 0.219. The van der Waals surface area contributed by atoms with Crippen LogP contribution in [0, 0.1) is 5.41 Å². The number of hydrogen-bond donors (Lipinski definition) is 0. The molecular weight excluding hydrogens is 497 g/mol. The monoisotopic (exact) mass is 537 g/mol. The van der Waals surface area contributed by atoms with Gasteiger partial charge in [0.15, 0.2) is 0 Å². The summed E-state index contributed by atoms with van der Waals surface area (Å²) in [6.07, 6.45) is 0. The van der Waals surface area contributed by atoms with E-state index in [2.05, 4.69) is 155 Å². The molecule has 0 atom stereocenters. The number of hydrogen-bond acceptors (Lipinski definition) is 3. The Balaban J connectivity index is 1.48. The lowest BCUT2D eigenvalue weighted by Gasteiger charge is -2.39. The first kappa shape index (κ1) is 27.6. The van der Waals surface area contributed by atoms with Gasteiger partial charge < -0.3 is 9.05 Å². The molecule has 4 aromatic carbocycles. The van der Waals surface area contributed by atoms with Gasteiger partial charge in [0.2, 0.25) is 0 Å². The molecule has 0 radical (unpaired) electrons. The van der Waals surface area contributed by atoms with E-state index in [1.165, 1.54) is 22.3 Å². The van der Waals surface area contributed by atoms with Gasteiger partial charge in [-0.05, 0) is 46.5 Å². The first-order valence-electron chi connectivity index (χ1n) is 13.8. The third-order valence-electron chi connectivity index (χ3n) is 7.95. The van der Waals surface area contributed by atoms with Crippen molar-refractivity contribution < 1.29 is 9.05 Å². The van der Waals surface area contributed by atoms with Crippen LogP contribution in [0.15, 0.2) is 109 Å². The van der Waals surface area contributed by atoms with Crippen LogP contribution in [0.5, 0.6) is 0 Å². The summed E-state index contributed by atoms with van der Waals surface area (Å²) in [5.74, 6) is 0. The van der Waals surface area contributed by atoms with Gasteiger partial charge in [-0.25, -0.2) is 0 Å². The molecule has 0 N–H and O–H groups in total. The molecule has 4 aromatic rings. The second kappa shape index (κ2) is 10.9.